The molecule has 0 aliphatic carbocycles. The number of rotatable bonds is 6. The molecule has 3 N–H and O–H groups in total. The van der Waals surface area contributed by atoms with Gasteiger partial charge in [0, 0.05) is 19.5 Å². The van der Waals surface area contributed by atoms with Crippen molar-refractivity contribution in [3.63, 3.8) is 0 Å². The van der Waals surface area contributed by atoms with Crippen LogP contribution in [0.2, 0.25) is 0 Å². The fraction of sp³-hybridized carbons (Fsp3) is 0.478. The second kappa shape index (κ2) is 7.92. The Morgan fingerprint density at radius 1 is 1.15 bits per heavy atom. The Kier molecular flexibility index (Phi) is 5.57. The summed E-state index contributed by atoms with van der Waals surface area (Å²) in [5.74, 6) is -1.72. The largest absolute Gasteiger partial charge is 0.494 e. The number of halogens is 3. The average Bonchev–Trinajstić information content (AvgIpc) is 3.10. The molecule has 11 heteroatoms. The predicted octanol–water partition coefficient (Wildman–Crippen LogP) is 3.81. The Morgan fingerprint density at radius 2 is 1.74 bits per heavy atom. The van der Waals surface area contributed by atoms with Crippen LogP contribution in [0, 0.1) is 11.3 Å². The Labute approximate surface area is 193 Å². The van der Waals surface area contributed by atoms with E-state index in [4.69, 9.17) is 15.1 Å². The molecule has 0 spiro atoms. The zero-order valence-corrected chi connectivity index (χ0v) is 18.6. The van der Waals surface area contributed by atoms with Crippen LogP contribution in [-0.2, 0) is 26.9 Å². The van der Waals surface area contributed by atoms with Crippen LogP contribution < -0.4 is 0 Å². The van der Waals surface area contributed by atoms with Crippen LogP contribution in [0.1, 0.15) is 55.4 Å². The van der Waals surface area contributed by atoms with E-state index in [0.29, 0.717) is 43.6 Å². The highest BCUT2D eigenvalue weighted by atomic mass is 19.4. The molecule has 182 valence electrons. The van der Waals surface area contributed by atoms with Gasteiger partial charge in [-0.15, -0.1) is 0 Å². The molecule has 0 amide bonds. The van der Waals surface area contributed by atoms with E-state index >= 15 is 0 Å². The monoisotopic (exact) mass is 479 g/mol. The molecule has 1 aromatic heterocycles. The van der Waals surface area contributed by atoms with Crippen LogP contribution in [0.15, 0.2) is 18.2 Å². The number of hydrogen-bond donors (Lipinski definition) is 3. The number of hydrogen-bond acceptors (Lipinski definition) is 6. The molecule has 2 atom stereocenters. The van der Waals surface area contributed by atoms with Crippen LogP contribution >= 0.6 is 0 Å². The molecule has 2 aliphatic heterocycles. The molecule has 0 saturated carbocycles. The van der Waals surface area contributed by atoms with Gasteiger partial charge in [0.25, 0.3) is 0 Å². The van der Waals surface area contributed by atoms with E-state index in [2.05, 4.69) is 4.90 Å². The molecular formula is C23H24F3N3O5. The summed E-state index contributed by atoms with van der Waals surface area (Å²) in [6.45, 7) is 4.77. The van der Waals surface area contributed by atoms with Crippen molar-refractivity contribution in [1.29, 1.82) is 5.26 Å². The number of aromatic hydroxyl groups is 2. The quantitative estimate of drug-likeness (QED) is 0.539. The van der Waals surface area contributed by atoms with E-state index in [0.717, 1.165) is 16.7 Å². The van der Waals surface area contributed by atoms with Crippen LogP contribution in [0.5, 0.6) is 11.8 Å². The number of aliphatic carboxylic acids is 1. The number of aromatic nitrogens is 1. The average molecular weight is 479 g/mol. The van der Waals surface area contributed by atoms with Crippen molar-refractivity contribution in [2.75, 3.05) is 19.6 Å². The number of carbonyl (C=O) groups is 1. The van der Waals surface area contributed by atoms with Gasteiger partial charge in [0.2, 0.25) is 11.8 Å². The van der Waals surface area contributed by atoms with Crippen LogP contribution in [0.25, 0.3) is 5.69 Å². The summed E-state index contributed by atoms with van der Waals surface area (Å²) in [4.78, 5) is 12.8. The minimum atomic E-state index is -4.79. The van der Waals surface area contributed by atoms with Gasteiger partial charge < -0.3 is 20.1 Å². The molecule has 2 bridgehead atoms. The SMILES string of the molecule is CC12CN(CCCCC(=O)O)CC(C)(O1)c1c2c(O)n(-c2ccc(C#N)c(C(F)(F)F)c2)c1O. The summed E-state index contributed by atoms with van der Waals surface area (Å²) in [6.07, 6.45) is -3.57. The van der Waals surface area contributed by atoms with Crippen LogP contribution in [0.3, 0.4) is 0 Å². The summed E-state index contributed by atoms with van der Waals surface area (Å²) < 4.78 is 47.6. The van der Waals surface area contributed by atoms with Gasteiger partial charge in [-0.3, -0.25) is 14.3 Å². The highest BCUT2D eigenvalue weighted by Crippen LogP contribution is 2.59. The minimum Gasteiger partial charge on any atom is -0.494 e. The number of nitriles is 1. The lowest BCUT2D eigenvalue weighted by Gasteiger charge is -2.44. The number of benzene rings is 1. The van der Waals surface area contributed by atoms with E-state index < -0.39 is 46.2 Å². The molecule has 0 radical (unpaired) electrons. The lowest BCUT2D eigenvalue weighted by atomic mass is 9.94. The molecule has 1 fully saturated rings. The number of carboxylic acids is 1. The molecule has 4 rings (SSSR count). The first kappa shape index (κ1) is 23.9. The molecule has 8 nitrogen and oxygen atoms in total. The Balaban J connectivity index is 1.72. The zero-order valence-electron chi connectivity index (χ0n) is 18.6. The first-order valence-corrected chi connectivity index (χ1v) is 10.7. The first-order chi connectivity index (χ1) is 15.8. The summed E-state index contributed by atoms with van der Waals surface area (Å²) in [5.41, 5.74) is -3.33. The van der Waals surface area contributed by atoms with E-state index in [1.54, 1.807) is 13.8 Å². The molecule has 2 aromatic rings. The number of ether oxygens (including phenoxy) is 1. The number of alkyl halides is 3. The lowest BCUT2D eigenvalue weighted by Crippen LogP contribution is -2.51. The molecule has 1 aromatic carbocycles. The summed E-state index contributed by atoms with van der Waals surface area (Å²) in [6, 6.07) is 4.47. The van der Waals surface area contributed by atoms with E-state index in [-0.39, 0.29) is 12.1 Å². The first-order valence-electron chi connectivity index (χ1n) is 10.7. The Bertz CT molecular complexity index is 1160. The molecule has 34 heavy (non-hydrogen) atoms. The molecule has 2 unspecified atom stereocenters. The van der Waals surface area contributed by atoms with Gasteiger partial charge in [0.15, 0.2) is 0 Å². The summed E-state index contributed by atoms with van der Waals surface area (Å²) >= 11 is 0. The van der Waals surface area contributed by atoms with Crippen molar-refractivity contribution in [2.45, 2.75) is 50.5 Å². The third-order valence-electron chi connectivity index (χ3n) is 6.48. The van der Waals surface area contributed by atoms with E-state index in [1.807, 2.05) is 0 Å². The standard InChI is InChI=1S/C23H24F3N3O5/c1-21-11-28(8-4-3-5-16(30)31)12-22(2,34-21)18-17(21)19(32)29(20(18)33)14-7-6-13(10-27)15(9-14)23(24,25)26/h6-7,9,32-33H,3-5,8,11-12H2,1-2H3,(H,30,31). The van der Waals surface area contributed by atoms with Crippen molar-refractivity contribution in [3.8, 4) is 23.5 Å². The molecule has 1 saturated heterocycles. The van der Waals surface area contributed by atoms with E-state index in [1.165, 1.54) is 12.1 Å². The van der Waals surface area contributed by atoms with Gasteiger partial charge >= 0.3 is 12.1 Å². The van der Waals surface area contributed by atoms with Crippen LogP contribution in [-0.4, -0.2) is 50.4 Å². The van der Waals surface area contributed by atoms with Gasteiger partial charge in [-0.2, -0.15) is 18.4 Å². The number of carboxylic acid groups (broad SMARTS) is 1. The van der Waals surface area contributed by atoms with Crippen molar-refractivity contribution in [1.82, 2.24) is 9.47 Å². The van der Waals surface area contributed by atoms with Crippen molar-refractivity contribution >= 4 is 5.97 Å². The Morgan fingerprint density at radius 3 is 2.24 bits per heavy atom. The van der Waals surface area contributed by atoms with Crippen molar-refractivity contribution in [2.24, 2.45) is 0 Å². The van der Waals surface area contributed by atoms with Gasteiger partial charge in [-0.25, -0.2) is 0 Å². The zero-order chi connectivity index (χ0) is 25.1. The van der Waals surface area contributed by atoms with Gasteiger partial charge in [0.1, 0.15) is 11.2 Å². The summed E-state index contributed by atoms with van der Waals surface area (Å²) in [7, 11) is 0. The highest BCUT2D eigenvalue weighted by molar-refractivity contribution is 5.66. The second-order valence-electron chi connectivity index (χ2n) is 9.20. The maximum atomic E-state index is 13.5. The third-order valence-corrected chi connectivity index (χ3v) is 6.48. The molecular weight excluding hydrogens is 455 g/mol. The molecule has 3 heterocycles. The smallest absolute Gasteiger partial charge is 0.417 e. The summed E-state index contributed by atoms with van der Waals surface area (Å²) in [5, 5.41) is 40.0. The second-order valence-corrected chi connectivity index (χ2v) is 9.20. The third kappa shape index (κ3) is 3.76. The number of fused-ring (bicyclic) bond motifs is 5. The minimum absolute atomic E-state index is 0.0657. The van der Waals surface area contributed by atoms with Gasteiger partial charge in [0.05, 0.1) is 34.0 Å². The molecule has 2 aliphatic rings. The number of nitrogens with zero attached hydrogens (tertiary/aromatic N) is 3. The Hall–Kier alpha value is -3.23. The normalized spacial score (nSPS) is 24.1. The maximum absolute atomic E-state index is 13.5. The van der Waals surface area contributed by atoms with Crippen molar-refractivity contribution < 1.29 is 38.0 Å². The van der Waals surface area contributed by atoms with Crippen LogP contribution in [0.4, 0.5) is 13.2 Å². The van der Waals surface area contributed by atoms with Crippen molar-refractivity contribution in [3.05, 3.63) is 40.5 Å². The fourth-order valence-corrected chi connectivity index (χ4v) is 5.30. The lowest BCUT2D eigenvalue weighted by molar-refractivity contribution is -0.186. The van der Waals surface area contributed by atoms with Gasteiger partial charge in [-0.1, -0.05) is 0 Å². The number of morpholine rings is 1. The highest BCUT2D eigenvalue weighted by Gasteiger charge is 2.58. The predicted molar refractivity (Wildman–Crippen MR) is 113 cm³/mol. The maximum Gasteiger partial charge on any atom is 0.417 e. The van der Waals surface area contributed by atoms with E-state index in [9.17, 15) is 28.2 Å². The topological polar surface area (TPSA) is 119 Å². The van der Waals surface area contributed by atoms with Gasteiger partial charge in [-0.05, 0) is 51.4 Å². The number of unbranched alkanes of at least 4 members (excludes halogenated alkanes) is 1. The fourth-order valence-electron chi connectivity index (χ4n) is 5.30.